The fourth-order valence-electron chi connectivity index (χ4n) is 2.77. The summed E-state index contributed by atoms with van der Waals surface area (Å²) in [4.78, 5) is 11.7. The van der Waals surface area contributed by atoms with Crippen molar-refractivity contribution in [2.75, 3.05) is 0 Å². The molecule has 0 aliphatic carbocycles. The molecular weight excluding hydrogens is 264 g/mol. The zero-order chi connectivity index (χ0) is 15.3. The Morgan fingerprint density at radius 1 is 1.10 bits per heavy atom. The Morgan fingerprint density at radius 3 is 1.81 bits per heavy atom. The third kappa shape index (κ3) is 2.38. The molecule has 1 unspecified atom stereocenters. The lowest BCUT2D eigenvalue weighted by Gasteiger charge is -2.29. The molecule has 0 amide bonds. The summed E-state index contributed by atoms with van der Waals surface area (Å²) in [6, 6.07) is 19.7. The van der Waals surface area contributed by atoms with Gasteiger partial charge in [0.15, 0.2) is 0 Å². The summed E-state index contributed by atoms with van der Waals surface area (Å²) >= 11 is 0. The van der Waals surface area contributed by atoms with E-state index in [0.29, 0.717) is 17.5 Å². The van der Waals surface area contributed by atoms with Crippen LogP contribution in [0.3, 0.4) is 0 Å². The summed E-state index contributed by atoms with van der Waals surface area (Å²) in [5.41, 5.74) is -0.462. The van der Waals surface area contributed by atoms with Gasteiger partial charge < -0.3 is 0 Å². The summed E-state index contributed by atoms with van der Waals surface area (Å²) in [5.74, 6) is -0.739. The van der Waals surface area contributed by atoms with Crippen molar-refractivity contribution in [3.05, 3.63) is 81.9 Å². The van der Waals surface area contributed by atoms with Gasteiger partial charge in [-0.05, 0) is 6.42 Å². The molecule has 0 radical (unpaired) electrons. The van der Waals surface area contributed by atoms with E-state index in [1.54, 1.807) is 55.5 Å². The maximum absolute atomic E-state index is 12.0. The molecule has 0 aromatic heterocycles. The van der Waals surface area contributed by atoms with Gasteiger partial charge in [0.25, 0.3) is 5.54 Å². The molecule has 4 nitrogen and oxygen atoms in total. The number of nitriles is 1. The van der Waals surface area contributed by atoms with E-state index < -0.39 is 11.5 Å². The maximum Gasteiger partial charge on any atom is 0.287 e. The van der Waals surface area contributed by atoms with Crippen LogP contribution in [0.1, 0.15) is 24.5 Å². The van der Waals surface area contributed by atoms with Crippen LogP contribution in [0, 0.1) is 27.4 Å². The van der Waals surface area contributed by atoms with Crippen LogP contribution in [0.25, 0.3) is 0 Å². The molecule has 0 aliphatic rings. The minimum atomic E-state index is -1.54. The Balaban J connectivity index is 2.80. The van der Waals surface area contributed by atoms with Gasteiger partial charge in [0.1, 0.15) is 5.92 Å². The Kier molecular flexibility index (Phi) is 4.34. The normalized spacial score (nSPS) is 12.4. The SMILES string of the molecule is CCC(C#N)C(c1ccccc1)(c1ccccc1)[N+](=O)[O-]. The number of nitro groups is 1. The fourth-order valence-corrected chi connectivity index (χ4v) is 2.77. The predicted molar refractivity (Wildman–Crippen MR) is 80.1 cm³/mol. The van der Waals surface area contributed by atoms with Crippen LogP contribution in [0.2, 0.25) is 0 Å². The summed E-state index contributed by atoms with van der Waals surface area (Å²) in [7, 11) is 0. The average Bonchev–Trinajstić information content (AvgIpc) is 2.53. The van der Waals surface area contributed by atoms with Gasteiger partial charge in [-0.2, -0.15) is 5.26 Å². The largest absolute Gasteiger partial charge is 0.287 e. The van der Waals surface area contributed by atoms with Crippen LogP contribution in [-0.2, 0) is 5.54 Å². The molecule has 21 heavy (non-hydrogen) atoms. The molecule has 0 aliphatic heterocycles. The van der Waals surface area contributed by atoms with Crippen LogP contribution in [0.4, 0.5) is 0 Å². The van der Waals surface area contributed by atoms with Crippen LogP contribution in [0.15, 0.2) is 60.7 Å². The average molecular weight is 280 g/mol. The van der Waals surface area contributed by atoms with E-state index in [4.69, 9.17) is 0 Å². The van der Waals surface area contributed by atoms with Crippen LogP contribution < -0.4 is 0 Å². The molecule has 0 bridgehead atoms. The molecule has 106 valence electrons. The van der Waals surface area contributed by atoms with E-state index in [9.17, 15) is 15.4 Å². The van der Waals surface area contributed by atoms with Crippen molar-refractivity contribution in [2.24, 2.45) is 5.92 Å². The lowest BCUT2D eigenvalue weighted by atomic mass is 9.73. The van der Waals surface area contributed by atoms with Gasteiger partial charge in [0.2, 0.25) is 0 Å². The molecule has 1 atom stereocenters. The Bertz CT molecular complexity index is 608. The number of benzene rings is 2. The first-order valence-corrected chi connectivity index (χ1v) is 6.83. The summed E-state index contributed by atoms with van der Waals surface area (Å²) in [6.07, 6.45) is 0.404. The highest BCUT2D eigenvalue weighted by Crippen LogP contribution is 2.41. The van der Waals surface area contributed by atoms with E-state index in [1.807, 2.05) is 12.1 Å². The Hall–Kier alpha value is -2.67. The summed E-state index contributed by atoms with van der Waals surface area (Å²) < 4.78 is 0. The van der Waals surface area contributed by atoms with Gasteiger partial charge in [-0.25, -0.2) is 0 Å². The molecule has 0 saturated carbocycles. The van der Waals surface area contributed by atoms with Crippen molar-refractivity contribution in [1.82, 2.24) is 0 Å². The van der Waals surface area contributed by atoms with Gasteiger partial charge in [0, 0.05) is 16.1 Å². The lowest BCUT2D eigenvalue weighted by molar-refractivity contribution is -0.574. The maximum atomic E-state index is 12.0. The van der Waals surface area contributed by atoms with Crippen molar-refractivity contribution < 1.29 is 4.92 Å². The highest BCUT2D eigenvalue weighted by molar-refractivity contribution is 5.38. The molecular formula is C17H16N2O2. The van der Waals surface area contributed by atoms with E-state index in [1.165, 1.54) is 0 Å². The monoisotopic (exact) mass is 280 g/mol. The van der Waals surface area contributed by atoms with Gasteiger partial charge in [-0.3, -0.25) is 10.1 Å². The third-order valence-electron chi connectivity index (χ3n) is 3.78. The van der Waals surface area contributed by atoms with Crippen LogP contribution >= 0.6 is 0 Å². The standard InChI is InChI=1S/C17H16N2O2/c1-2-14(13-18)17(19(20)21,15-9-5-3-6-10-15)16-11-7-4-8-12-16/h3-12,14H,2H2,1H3. The van der Waals surface area contributed by atoms with Gasteiger partial charge in [0.05, 0.1) is 6.07 Å². The predicted octanol–water partition coefficient (Wildman–Crippen LogP) is 3.76. The van der Waals surface area contributed by atoms with Crippen molar-refractivity contribution >= 4 is 0 Å². The van der Waals surface area contributed by atoms with E-state index >= 15 is 0 Å². The number of nitrogens with zero attached hydrogens (tertiary/aromatic N) is 2. The van der Waals surface area contributed by atoms with Crippen LogP contribution in [0.5, 0.6) is 0 Å². The number of rotatable bonds is 5. The molecule has 4 heteroatoms. The second-order valence-electron chi connectivity index (χ2n) is 4.85. The zero-order valence-electron chi connectivity index (χ0n) is 11.8. The van der Waals surface area contributed by atoms with Crippen molar-refractivity contribution in [2.45, 2.75) is 18.9 Å². The Labute approximate surface area is 123 Å². The second kappa shape index (κ2) is 6.19. The highest BCUT2D eigenvalue weighted by Gasteiger charge is 2.53. The summed E-state index contributed by atoms with van der Waals surface area (Å²) in [6.45, 7) is 1.80. The minimum Gasteiger partial charge on any atom is -0.263 e. The van der Waals surface area contributed by atoms with E-state index in [0.717, 1.165) is 0 Å². The minimum absolute atomic E-state index is 0.324. The highest BCUT2D eigenvalue weighted by atomic mass is 16.6. The smallest absolute Gasteiger partial charge is 0.263 e. The first-order chi connectivity index (χ1) is 10.2. The fraction of sp³-hybridized carbons (Fsp3) is 0.235. The molecule has 0 fully saturated rings. The first kappa shape index (κ1) is 14.7. The molecule has 2 aromatic carbocycles. The van der Waals surface area contributed by atoms with Crippen molar-refractivity contribution in [3.8, 4) is 6.07 Å². The number of hydrogen-bond donors (Lipinski definition) is 0. The topological polar surface area (TPSA) is 66.9 Å². The Morgan fingerprint density at radius 2 is 1.52 bits per heavy atom. The lowest BCUT2D eigenvalue weighted by Crippen LogP contribution is -2.43. The third-order valence-corrected chi connectivity index (χ3v) is 3.78. The first-order valence-electron chi connectivity index (χ1n) is 6.83. The zero-order valence-corrected chi connectivity index (χ0v) is 11.8. The van der Waals surface area contributed by atoms with E-state index in [2.05, 4.69) is 6.07 Å². The second-order valence-corrected chi connectivity index (χ2v) is 4.85. The molecule has 0 saturated heterocycles. The summed E-state index contributed by atoms with van der Waals surface area (Å²) in [5, 5.41) is 21.5. The number of hydrogen-bond acceptors (Lipinski definition) is 3. The van der Waals surface area contributed by atoms with Gasteiger partial charge in [-0.1, -0.05) is 67.6 Å². The van der Waals surface area contributed by atoms with Crippen molar-refractivity contribution in [3.63, 3.8) is 0 Å². The molecule has 0 spiro atoms. The molecule has 2 aromatic rings. The quantitative estimate of drug-likeness (QED) is 0.618. The van der Waals surface area contributed by atoms with Crippen molar-refractivity contribution in [1.29, 1.82) is 5.26 Å². The van der Waals surface area contributed by atoms with Crippen LogP contribution in [-0.4, -0.2) is 4.92 Å². The van der Waals surface area contributed by atoms with E-state index in [-0.39, 0.29) is 4.92 Å². The molecule has 2 rings (SSSR count). The van der Waals surface area contributed by atoms with Gasteiger partial charge in [-0.15, -0.1) is 0 Å². The molecule has 0 N–H and O–H groups in total. The molecule has 0 heterocycles. The van der Waals surface area contributed by atoms with Gasteiger partial charge >= 0.3 is 0 Å².